The fourth-order valence-electron chi connectivity index (χ4n) is 3.00. The fourth-order valence-corrected chi connectivity index (χ4v) is 3.00. The molecule has 134 valence electrons. The van der Waals surface area contributed by atoms with Crippen LogP contribution in [0.5, 0.6) is 0 Å². The maximum atomic E-state index is 5.54. The van der Waals surface area contributed by atoms with E-state index in [9.17, 15) is 0 Å². The first-order chi connectivity index (χ1) is 13.2. The minimum atomic E-state index is 0.539. The molecular weight excluding hydrogens is 334 g/mol. The average molecular weight is 355 g/mol. The number of hydrogen-bond acceptors (Lipinski definition) is 4. The number of pyridine rings is 1. The first-order valence-corrected chi connectivity index (χ1v) is 8.84. The molecule has 0 bridgehead atoms. The van der Waals surface area contributed by atoms with Crippen molar-refractivity contribution in [3.63, 3.8) is 0 Å². The van der Waals surface area contributed by atoms with Crippen molar-refractivity contribution < 1.29 is 0 Å². The molecule has 0 saturated heterocycles. The summed E-state index contributed by atoms with van der Waals surface area (Å²) in [4.78, 5) is 10.9. The van der Waals surface area contributed by atoms with E-state index in [1.165, 1.54) is 0 Å². The van der Waals surface area contributed by atoms with Gasteiger partial charge in [-0.25, -0.2) is 9.98 Å². The second-order valence-corrected chi connectivity index (χ2v) is 6.43. The van der Waals surface area contributed by atoms with Gasteiger partial charge in [0.2, 0.25) is 0 Å². The lowest BCUT2D eigenvalue weighted by molar-refractivity contribution is 0.523. The van der Waals surface area contributed by atoms with Crippen molar-refractivity contribution in [1.29, 1.82) is 0 Å². The Kier molecular flexibility index (Phi) is 4.58. The molecule has 0 amide bonds. The third-order valence-corrected chi connectivity index (χ3v) is 4.36. The monoisotopic (exact) mass is 355 g/mol. The molecule has 0 unspecified atom stereocenters. The SMILES string of the molecule is C/C(N)=N\C=C/N1C=C(c2ccc3ccc(-c4ccccc4)nc3c2)NC1. The van der Waals surface area contributed by atoms with Crippen molar-refractivity contribution in [2.45, 2.75) is 6.92 Å². The van der Waals surface area contributed by atoms with Crippen LogP contribution in [0.3, 0.4) is 0 Å². The number of benzene rings is 2. The quantitative estimate of drug-likeness (QED) is 0.550. The Balaban J connectivity index is 1.63. The highest BCUT2D eigenvalue weighted by Crippen LogP contribution is 2.24. The average Bonchev–Trinajstić information content (AvgIpc) is 3.16. The molecule has 0 radical (unpaired) electrons. The summed E-state index contributed by atoms with van der Waals surface area (Å²) in [5.41, 5.74) is 10.8. The number of amidine groups is 1. The van der Waals surface area contributed by atoms with Crippen LogP contribution in [0, 0.1) is 0 Å². The lowest BCUT2D eigenvalue weighted by Crippen LogP contribution is -2.16. The standard InChI is InChI=1S/C22H21N5/c1-16(23)24-11-12-27-14-22(25-15-27)19-8-7-18-9-10-20(26-21(18)13-19)17-5-3-2-4-6-17/h2-14,25H,15H2,1H3,(H2,23,24)/b12-11-. The maximum absolute atomic E-state index is 5.54. The highest BCUT2D eigenvalue weighted by Gasteiger charge is 2.12. The summed E-state index contributed by atoms with van der Waals surface area (Å²) in [5, 5.41) is 4.53. The normalized spacial score (nSPS) is 14.6. The number of aromatic nitrogens is 1. The van der Waals surface area contributed by atoms with Gasteiger partial charge < -0.3 is 16.0 Å². The minimum absolute atomic E-state index is 0.539. The van der Waals surface area contributed by atoms with Gasteiger partial charge in [0.05, 0.1) is 29.4 Å². The van der Waals surface area contributed by atoms with Crippen LogP contribution >= 0.6 is 0 Å². The van der Waals surface area contributed by atoms with Crippen LogP contribution in [-0.2, 0) is 0 Å². The van der Waals surface area contributed by atoms with Crippen molar-refractivity contribution in [2.75, 3.05) is 6.67 Å². The fraction of sp³-hybridized carbons (Fsp3) is 0.0909. The van der Waals surface area contributed by atoms with Crippen LogP contribution in [0.4, 0.5) is 0 Å². The van der Waals surface area contributed by atoms with Gasteiger partial charge in [0.25, 0.3) is 0 Å². The Hall–Kier alpha value is -3.60. The molecule has 5 heteroatoms. The van der Waals surface area contributed by atoms with E-state index in [-0.39, 0.29) is 0 Å². The van der Waals surface area contributed by atoms with E-state index in [1.54, 1.807) is 13.1 Å². The Bertz CT molecular complexity index is 1050. The van der Waals surface area contributed by atoms with Crippen LogP contribution in [0.15, 0.2) is 84.3 Å². The van der Waals surface area contributed by atoms with E-state index in [4.69, 9.17) is 10.7 Å². The molecule has 2 aromatic carbocycles. The summed E-state index contributed by atoms with van der Waals surface area (Å²) in [6, 6.07) is 20.8. The van der Waals surface area contributed by atoms with Crippen molar-refractivity contribution >= 4 is 22.4 Å². The summed E-state index contributed by atoms with van der Waals surface area (Å²) in [5.74, 6) is 0.539. The minimum Gasteiger partial charge on any atom is -0.387 e. The number of fused-ring (bicyclic) bond motifs is 1. The zero-order chi connectivity index (χ0) is 18.6. The van der Waals surface area contributed by atoms with Gasteiger partial charge in [-0.3, -0.25) is 0 Å². The molecule has 0 fully saturated rings. The molecule has 5 nitrogen and oxygen atoms in total. The molecule has 1 aliphatic rings. The molecule has 0 spiro atoms. The molecule has 0 saturated carbocycles. The number of aliphatic imine (C=N–C) groups is 1. The van der Waals surface area contributed by atoms with Gasteiger partial charge in [0, 0.05) is 35.1 Å². The predicted octanol–water partition coefficient (Wildman–Crippen LogP) is 3.91. The smallest absolute Gasteiger partial charge is 0.0958 e. The van der Waals surface area contributed by atoms with Gasteiger partial charge in [-0.2, -0.15) is 0 Å². The topological polar surface area (TPSA) is 66.5 Å². The van der Waals surface area contributed by atoms with Crippen LogP contribution in [0.25, 0.3) is 27.9 Å². The van der Waals surface area contributed by atoms with E-state index in [0.29, 0.717) is 12.5 Å². The summed E-state index contributed by atoms with van der Waals surface area (Å²) < 4.78 is 0. The number of nitrogens with zero attached hydrogens (tertiary/aromatic N) is 3. The summed E-state index contributed by atoms with van der Waals surface area (Å²) in [6.45, 7) is 2.46. The molecular formula is C22H21N5. The largest absolute Gasteiger partial charge is 0.387 e. The summed E-state index contributed by atoms with van der Waals surface area (Å²) in [7, 11) is 0. The predicted molar refractivity (Wildman–Crippen MR) is 111 cm³/mol. The second-order valence-electron chi connectivity index (χ2n) is 6.43. The number of nitrogens with one attached hydrogen (secondary N) is 1. The third kappa shape index (κ3) is 3.82. The highest BCUT2D eigenvalue weighted by molar-refractivity contribution is 5.85. The molecule has 1 aliphatic heterocycles. The molecule has 1 aromatic heterocycles. The Labute approximate surface area is 158 Å². The van der Waals surface area contributed by atoms with Gasteiger partial charge in [-0.1, -0.05) is 48.5 Å². The van der Waals surface area contributed by atoms with Crippen molar-refractivity contribution in [2.24, 2.45) is 10.7 Å². The maximum Gasteiger partial charge on any atom is 0.0958 e. The second kappa shape index (κ2) is 7.33. The van der Waals surface area contributed by atoms with Gasteiger partial charge in [0.1, 0.15) is 0 Å². The van der Waals surface area contributed by atoms with Gasteiger partial charge in [-0.05, 0) is 19.1 Å². The molecule has 27 heavy (non-hydrogen) atoms. The first kappa shape index (κ1) is 16.8. The molecule has 2 heterocycles. The third-order valence-electron chi connectivity index (χ3n) is 4.36. The van der Waals surface area contributed by atoms with Gasteiger partial charge in [-0.15, -0.1) is 0 Å². The van der Waals surface area contributed by atoms with Crippen LogP contribution in [0.1, 0.15) is 12.5 Å². The van der Waals surface area contributed by atoms with Crippen LogP contribution in [0.2, 0.25) is 0 Å². The lowest BCUT2D eigenvalue weighted by Gasteiger charge is -2.07. The van der Waals surface area contributed by atoms with E-state index >= 15 is 0 Å². The number of hydrogen-bond donors (Lipinski definition) is 2. The molecule has 3 aromatic rings. The van der Waals surface area contributed by atoms with E-state index < -0.39 is 0 Å². The number of rotatable bonds is 4. The zero-order valence-corrected chi connectivity index (χ0v) is 15.1. The summed E-state index contributed by atoms with van der Waals surface area (Å²) in [6.07, 6.45) is 5.65. The first-order valence-electron chi connectivity index (χ1n) is 8.84. The van der Waals surface area contributed by atoms with Crippen molar-refractivity contribution in [3.8, 4) is 11.3 Å². The van der Waals surface area contributed by atoms with E-state index in [1.807, 2.05) is 29.3 Å². The van der Waals surface area contributed by atoms with Gasteiger partial charge in [0.15, 0.2) is 0 Å². The molecule has 0 aliphatic carbocycles. The number of nitrogens with two attached hydrogens (primary N) is 1. The molecule has 0 atom stereocenters. The van der Waals surface area contributed by atoms with Crippen LogP contribution < -0.4 is 11.1 Å². The van der Waals surface area contributed by atoms with Crippen molar-refractivity contribution in [1.82, 2.24) is 15.2 Å². The van der Waals surface area contributed by atoms with Gasteiger partial charge >= 0.3 is 0 Å². The van der Waals surface area contributed by atoms with Crippen LogP contribution in [-0.4, -0.2) is 22.4 Å². The molecule has 3 N–H and O–H groups in total. The van der Waals surface area contributed by atoms with E-state index in [2.05, 4.69) is 59.0 Å². The Morgan fingerprint density at radius 2 is 1.93 bits per heavy atom. The van der Waals surface area contributed by atoms with Crippen molar-refractivity contribution in [3.05, 3.63) is 84.8 Å². The lowest BCUT2D eigenvalue weighted by atomic mass is 10.1. The highest BCUT2D eigenvalue weighted by atomic mass is 15.2. The summed E-state index contributed by atoms with van der Waals surface area (Å²) >= 11 is 0. The Morgan fingerprint density at radius 3 is 2.74 bits per heavy atom. The Morgan fingerprint density at radius 1 is 1.11 bits per heavy atom. The zero-order valence-electron chi connectivity index (χ0n) is 15.1. The molecule has 4 rings (SSSR count). The van der Waals surface area contributed by atoms with E-state index in [0.717, 1.165) is 33.4 Å².